The first-order chi connectivity index (χ1) is 23.1. The van der Waals surface area contributed by atoms with Crippen molar-refractivity contribution in [2.45, 2.75) is 62.6 Å². The van der Waals surface area contributed by atoms with E-state index < -0.39 is 34.3 Å². The monoisotopic (exact) mass is 735 g/mol. The summed E-state index contributed by atoms with van der Waals surface area (Å²) in [6.07, 6.45) is 4.01. The number of rotatable bonds is 14. The lowest BCUT2D eigenvalue weighted by Crippen LogP contribution is -2.54. The molecular formula is C37H39BrFN3O5S. The Hall–Kier alpha value is -4.22. The minimum absolute atomic E-state index is 0.0135. The van der Waals surface area contributed by atoms with Crippen LogP contribution >= 0.6 is 15.9 Å². The second-order valence-electron chi connectivity index (χ2n) is 11.7. The molecule has 0 saturated heterocycles. The second-order valence-corrected chi connectivity index (χ2v) is 14.5. The minimum Gasteiger partial charge on any atom is -0.494 e. The van der Waals surface area contributed by atoms with Gasteiger partial charge in [0, 0.05) is 23.5 Å². The van der Waals surface area contributed by atoms with E-state index in [2.05, 4.69) is 21.2 Å². The fraction of sp³-hybridized carbons (Fsp3) is 0.297. The minimum atomic E-state index is -4.35. The number of carbonyl (C=O) groups is 2. The van der Waals surface area contributed by atoms with Crippen LogP contribution in [0.2, 0.25) is 0 Å². The Morgan fingerprint density at radius 2 is 1.54 bits per heavy atom. The molecule has 1 aliphatic carbocycles. The average Bonchev–Trinajstić information content (AvgIpc) is 3.60. The van der Waals surface area contributed by atoms with Crippen LogP contribution in [0.25, 0.3) is 0 Å². The van der Waals surface area contributed by atoms with Gasteiger partial charge in [-0.2, -0.15) is 0 Å². The summed E-state index contributed by atoms with van der Waals surface area (Å²) >= 11 is 3.46. The number of amides is 2. The lowest BCUT2D eigenvalue weighted by atomic mass is 10.0. The number of anilines is 1. The summed E-state index contributed by atoms with van der Waals surface area (Å²) in [4.78, 5) is 30.0. The van der Waals surface area contributed by atoms with Gasteiger partial charge in [0.05, 0.1) is 17.2 Å². The molecule has 0 aromatic heterocycles. The molecule has 0 radical (unpaired) electrons. The van der Waals surface area contributed by atoms with Gasteiger partial charge in [0.25, 0.3) is 10.0 Å². The molecule has 5 rings (SSSR count). The van der Waals surface area contributed by atoms with E-state index in [0.29, 0.717) is 12.4 Å². The molecule has 48 heavy (non-hydrogen) atoms. The molecule has 0 aliphatic heterocycles. The first-order valence-electron chi connectivity index (χ1n) is 16.0. The van der Waals surface area contributed by atoms with Crippen molar-refractivity contribution < 1.29 is 27.1 Å². The van der Waals surface area contributed by atoms with Crippen LogP contribution in [0.3, 0.4) is 0 Å². The molecule has 0 spiro atoms. The molecule has 0 heterocycles. The Labute approximate surface area is 290 Å². The van der Waals surface area contributed by atoms with E-state index >= 15 is 0 Å². The number of nitrogens with one attached hydrogen (secondary N) is 1. The molecule has 1 atom stereocenters. The van der Waals surface area contributed by atoms with Gasteiger partial charge >= 0.3 is 0 Å². The van der Waals surface area contributed by atoms with Crippen LogP contribution in [0, 0.1) is 5.82 Å². The Kier molecular flexibility index (Phi) is 11.9. The van der Waals surface area contributed by atoms with Gasteiger partial charge < -0.3 is 15.0 Å². The highest BCUT2D eigenvalue weighted by molar-refractivity contribution is 9.10. The van der Waals surface area contributed by atoms with Gasteiger partial charge in [-0.1, -0.05) is 71.2 Å². The SMILES string of the molecule is CCOc1ccc(N(CC(=O)N(Cc2ccc(Br)cc2)[C@@H](Cc2ccccc2)C(=O)NC2CCCC2)S(=O)(=O)c2ccc(F)cc2)cc1. The van der Waals surface area contributed by atoms with E-state index in [0.717, 1.165) is 57.7 Å². The molecule has 4 aromatic carbocycles. The second kappa shape index (κ2) is 16.3. The maximum absolute atomic E-state index is 14.6. The zero-order valence-corrected chi connectivity index (χ0v) is 29.1. The lowest BCUT2D eigenvalue weighted by Gasteiger charge is -2.34. The summed E-state index contributed by atoms with van der Waals surface area (Å²) in [5.41, 5.74) is 1.85. The Morgan fingerprint density at radius 1 is 0.896 bits per heavy atom. The van der Waals surface area contributed by atoms with Crippen LogP contribution in [0.15, 0.2) is 112 Å². The number of carbonyl (C=O) groups excluding carboxylic acids is 2. The molecule has 8 nitrogen and oxygen atoms in total. The Balaban J connectivity index is 1.56. The van der Waals surface area contributed by atoms with Crippen LogP contribution in [0.1, 0.15) is 43.7 Å². The van der Waals surface area contributed by atoms with Crippen LogP contribution in [-0.4, -0.2) is 50.4 Å². The number of hydrogen-bond donors (Lipinski definition) is 1. The smallest absolute Gasteiger partial charge is 0.264 e. The number of sulfonamides is 1. The number of nitrogens with zero attached hydrogens (tertiary/aromatic N) is 2. The predicted octanol–water partition coefficient (Wildman–Crippen LogP) is 6.88. The molecule has 1 saturated carbocycles. The van der Waals surface area contributed by atoms with E-state index in [-0.39, 0.29) is 35.5 Å². The van der Waals surface area contributed by atoms with Crippen molar-refractivity contribution in [2.75, 3.05) is 17.5 Å². The van der Waals surface area contributed by atoms with Crippen molar-refractivity contribution in [1.82, 2.24) is 10.2 Å². The normalized spacial score (nSPS) is 13.9. The zero-order valence-electron chi connectivity index (χ0n) is 26.7. The van der Waals surface area contributed by atoms with Crippen molar-refractivity contribution in [2.24, 2.45) is 0 Å². The molecular weight excluding hydrogens is 697 g/mol. The highest BCUT2D eigenvalue weighted by Crippen LogP contribution is 2.28. The van der Waals surface area contributed by atoms with Gasteiger partial charge in [-0.05, 0) is 91.6 Å². The molecule has 1 N–H and O–H groups in total. The van der Waals surface area contributed by atoms with E-state index in [1.54, 1.807) is 24.3 Å². The van der Waals surface area contributed by atoms with E-state index in [4.69, 9.17) is 4.74 Å². The average molecular weight is 737 g/mol. The van der Waals surface area contributed by atoms with Gasteiger partial charge in [-0.3, -0.25) is 13.9 Å². The van der Waals surface area contributed by atoms with Gasteiger partial charge in [-0.25, -0.2) is 12.8 Å². The van der Waals surface area contributed by atoms with Crippen LogP contribution in [0.5, 0.6) is 5.75 Å². The summed E-state index contributed by atoms with van der Waals surface area (Å²) in [5.74, 6) is -0.907. The van der Waals surface area contributed by atoms with Crippen LogP contribution in [-0.2, 0) is 32.6 Å². The maximum atomic E-state index is 14.6. The fourth-order valence-corrected chi connectivity index (χ4v) is 7.52. The summed E-state index contributed by atoms with van der Waals surface area (Å²) in [6.45, 7) is 1.72. The number of ether oxygens (including phenoxy) is 1. The summed E-state index contributed by atoms with van der Waals surface area (Å²) < 4.78 is 49.5. The first-order valence-corrected chi connectivity index (χ1v) is 18.3. The van der Waals surface area contributed by atoms with Crippen molar-refractivity contribution in [3.05, 3.63) is 125 Å². The van der Waals surface area contributed by atoms with Crippen molar-refractivity contribution in [1.29, 1.82) is 0 Å². The van der Waals surface area contributed by atoms with E-state index in [1.807, 2.05) is 61.5 Å². The largest absolute Gasteiger partial charge is 0.494 e. The fourth-order valence-electron chi connectivity index (χ4n) is 5.85. The summed E-state index contributed by atoms with van der Waals surface area (Å²) in [7, 11) is -4.35. The highest BCUT2D eigenvalue weighted by Gasteiger charge is 2.35. The molecule has 4 aromatic rings. The van der Waals surface area contributed by atoms with Crippen molar-refractivity contribution in [3.8, 4) is 5.75 Å². The van der Waals surface area contributed by atoms with Crippen LogP contribution < -0.4 is 14.4 Å². The third-order valence-corrected chi connectivity index (χ3v) is 10.7. The number of hydrogen-bond acceptors (Lipinski definition) is 5. The molecule has 0 bridgehead atoms. The Bertz CT molecular complexity index is 1770. The lowest BCUT2D eigenvalue weighted by molar-refractivity contribution is -0.140. The van der Waals surface area contributed by atoms with Crippen molar-refractivity contribution in [3.63, 3.8) is 0 Å². The number of benzene rings is 4. The standard InChI is InChI=1S/C37H39BrFN3O5S/c1-2-47-33-20-18-32(19-21-33)42(48(45,46)34-22-16-30(39)17-23-34)26-36(43)41(25-28-12-14-29(38)15-13-28)35(24-27-8-4-3-5-9-27)37(44)40-31-10-6-7-11-31/h3-5,8-9,12-23,31,35H,2,6-7,10-11,24-26H2,1H3,(H,40,44)/t35-/m0/s1. The van der Waals surface area contributed by atoms with E-state index in [1.165, 1.54) is 17.0 Å². The zero-order chi connectivity index (χ0) is 34.1. The molecule has 0 unspecified atom stereocenters. The van der Waals surface area contributed by atoms with Gasteiger partial charge in [-0.15, -0.1) is 0 Å². The predicted molar refractivity (Wildman–Crippen MR) is 188 cm³/mol. The molecule has 1 aliphatic rings. The van der Waals surface area contributed by atoms with Crippen molar-refractivity contribution >= 4 is 43.5 Å². The van der Waals surface area contributed by atoms with Gasteiger partial charge in [0.15, 0.2) is 0 Å². The van der Waals surface area contributed by atoms with Gasteiger partial charge in [0.2, 0.25) is 11.8 Å². The highest BCUT2D eigenvalue weighted by atomic mass is 79.9. The third kappa shape index (κ3) is 9.02. The maximum Gasteiger partial charge on any atom is 0.264 e. The topological polar surface area (TPSA) is 96.0 Å². The molecule has 252 valence electrons. The van der Waals surface area contributed by atoms with E-state index in [9.17, 15) is 22.4 Å². The first kappa shape index (κ1) is 35.1. The molecule has 1 fully saturated rings. The summed E-state index contributed by atoms with van der Waals surface area (Å²) in [6, 6.07) is 26.8. The Morgan fingerprint density at radius 3 is 2.17 bits per heavy atom. The molecule has 2 amide bonds. The van der Waals surface area contributed by atoms with Gasteiger partial charge in [0.1, 0.15) is 24.2 Å². The quantitative estimate of drug-likeness (QED) is 0.152. The number of halogens is 2. The summed E-state index contributed by atoms with van der Waals surface area (Å²) in [5, 5.41) is 3.17. The molecule has 11 heteroatoms. The third-order valence-electron chi connectivity index (χ3n) is 8.36. The van der Waals surface area contributed by atoms with Crippen LogP contribution in [0.4, 0.5) is 10.1 Å².